The first-order valence-electron chi connectivity index (χ1n) is 11.4. The molecule has 0 saturated heterocycles. The number of allylic oxidation sites excluding steroid dienone is 2. The molecule has 0 spiro atoms. The number of anilines is 1. The lowest BCUT2D eigenvalue weighted by Gasteiger charge is -2.37. The van der Waals surface area contributed by atoms with Gasteiger partial charge in [-0.2, -0.15) is 0 Å². The molecule has 2 heterocycles. The van der Waals surface area contributed by atoms with Crippen LogP contribution in [0.5, 0.6) is 0 Å². The van der Waals surface area contributed by atoms with Gasteiger partial charge in [-0.05, 0) is 42.5 Å². The molecule has 3 aliphatic rings. The quantitative estimate of drug-likeness (QED) is 0.570. The smallest absolute Gasteiger partial charge is 0.308 e. The van der Waals surface area contributed by atoms with E-state index in [1.807, 2.05) is 42.2 Å². The van der Waals surface area contributed by atoms with Gasteiger partial charge in [0.05, 0.1) is 5.92 Å². The molecular formula is C25H31NO5. The fraction of sp³-hybridized carbons (Fsp3) is 0.520. The van der Waals surface area contributed by atoms with E-state index < -0.39 is 17.3 Å². The summed E-state index contributed by atoms with van der Waals surface area (Å²) >= 11 is 0. The normalized spacial score (nSPS) is 23.1. The Kier molecular flexibility index (Phi) is 6.08. The van der Waals surface area contributed by atoms with Gasteiger partial charge in [-0.1, -0.05) is 51.3 Å². The Morgan fingerprint density at radius 2 is 1.97 bits per heavy atom. The van der Waals surface area contributed by atoms with Gasteiger partial charge >= 0.3 is 5.97 Å². The number of amides is 1. The van der Waals surface area contributed by atoms with E-state index in [0.29, 0.717) is 31.6 Å². The number of hydrogen-bond donors (Lipinski definition) is 1. The molecule has 1 aromatic carbocycles. The second kappa shape index (κ2) is 8.77. The lowest BCUT2D eigenvalue weighted by Crippen LogP contribution is -2.50. The number of carbonyl (C=O) groups excluding carboxylic acids is 1. The number of benzene rings is 1. The third kappa shape index (κ3) is 3.42. The van der Waals surface area contributed by atoms with Crippen LogP contribution < -0.4 is 4.90 Å². The number of rotatable bonds is 9. The van der Waals surface area contributed by atoms with Gasteiger partial charge in [-0.3, -0.25) is 9.59 Å². The van der Waals surface area contributed by atoms with Gasteiger partial charge in [0, 0.05) is 18.7 Å². The van der Waals surface area contributed by atoms with Crippen molar-refractivity contribution in [3.05, 3.63) is 53.0 Å². The Morgan fingerprint density at radius 3 is 2.71 bits per heavy atom. The number of fused-ring (bicyclic) bond motifs is 1. The Balaban J connectivity index is 1.85. The molecule has 31 heavy (non-hydrogen) atoms. The van der Waals surface area contributed by atoms with Crippen molar-refractivity contribution in [2.24, 2.45) is 5.92 Å². The topological polar surface area (TPSA) is 76.1 Å². The van der Waals surface area contributed by atoms with Gasteiger partial charge in [0.15, 0.2) is 5.76 Å². The number of carboxylic acid groups (broad SMARTS) is 1. The van der Waals surface area contributed by atoms with Gasteiger partial charge in [0.1, 0.15) is 11.2 Å². The highest BCUT2D eigenvalue weighted by molar-refractivity contribution is 6.12. The van der Waals surface area contributed by atoms with Gasteiger partial charge in [-0.15, -0.1) is 0 Å². The van der Waals surface area contributed by atoms with E-state index in [1.165, 1.54) is 0 Å². The van der Waals surface area contributed by atoms with Crippen molar-refractivity contribution < 1.29 is 24.2 Å². The number of nitrogens with zero attached hydrogens (tertiary/aromatic N) is 1. The highest BCUT2D eigenvalue weighted by Crippen LogP contribution is 2.54. The van der Waals surface area contributed by atoms with Gasteiger partial charge in [0.25, 0.3) is 0 Å². The van der Waals surface area contributed by atoms with Crippen molar-refractivity contribution >= 4 is 17.6 Å². The summed E-state index contributed by atoms with van der Waals surface area (Å²) in [7, 11) is 0. The van der Waals surface area contributed by atoms with Crippen LogP contribution in [0.25, 0.3) is 0 Å². The molecular weight excluding hydrogens is 394 g/mol. The molecule has 0 bridgehead atoms. The van der Waals surface area contributed by atoms with Crippen molar-refractivity contribution in [3.63, 3.8) is 0 Å². The standard InChI is InChI=1S/C25H31NO5/c1-3-5-6-9-14-26-20-11-8-7-10-19(20)25(24(26)29,18(4-2)23(27)28)17-12-13-21-22(15-17)31-16-30-21/h7-8,10-11,15,18H,3-6,9,12-14,16H2,1-2H3,(H,27,28). The molecule has 166 valence electrons. The summed E-state index contributed by atoms with van der Waals surface area (Å²) in [4.78, 5) is 28.5. The summed E-state index contributed by atoms with van der Waals surface area (Å²) in [6.07, 6.45) is 7.63. The number of carbonyl (C=O) groups is 2. The highest BCUT2D eigenvalue weighted by Gasteiger charge is 2.59. The predicted molar refractivity (Wildman–Crippen MR) is 117 cm³/mol. The maximum atomic E-state index is 14.2. The molecule has 0 aromatic heterocycles. The molecule has 1 aromatic rings. The largest absolute Gasteiger partial charge is 0.481 e. The Morgan fingerprint density at radius 1 is 1.16 bits per heavy atom. The fourth-order valence-electron chi connectivity index (χ4n) is 5.36. The van der Waals surface area contributed by atoms with Crippen molar-refractivity contribution in [2.75, 3.05) is 18.2 Å². The van der Waals surface area contributed by atoms with Crippen LogP contribution in [0.1, 0.15) is 64.4 Å². The number of hydrogen-bond acceptors (Lipinski definition) is 4. The molecule has 1 N–H and O–H groups in total. The van der Waals surface area contributed by atoms with Crippen LogP contribution in [0, 0.1) is 5.92 Å². The molecule has 6 nitrogen and oxygen atoms in total. The zero-order chi connectivity index (χ0) is 22.0. The number of aliphatic carboxylic acids is 1. The second-order valence-electron chi connectivity index (χ2n) is 8.51. The SMILES string of the molecule is CCCCCCN1C(=O)C(C2=CC3=C(CC2)OCO3)(C(CC)C(=O)O)c2ccccc21. The molecule has 0 fully saturated rings. The summed E-state index contributed by atoms with van der Waals surface area (Å²) in [6.45, 7) is 4.79. The summed E-state index contributed by atoms with van der Waals surface area (Å²) in [5.41, 5.74) is 1.25. The predicted octanol–water partition coefficient (Wildman–Crippen LogP) is 4.90. The van der Waals surface area contributed by atoms with Crippen LogP contribution in [-0.2, 0) is 24.5 Å². The summed E-state index contributed by atoms with van der Waals surface area (Å²) in [5, 5.41) is 10.2. The molecule has 6 heteroatoms. The van der Waals surface area contributed by atoms with Gasteiger partial charge in [0.2, 0.25) is 12.7 Å². The number of ether oxygens (including phenoxy) is 2. The van der Waals surface area contributed by atoms with E-state index in [4.69, 9.17) is 9.47 Å². The lowest BCUT2D eigenvalue weighted by atomic mass is 9.63. The van der Waals surface area contributed by atoms with Crippen LogP contribution in [0.15, 0.2) is 47.4 Å². The molecule has 2 atom stereocenters. The Bertz CT molecular complexity index is 934. The van der Waals surface area contributed by atoms with Gasteiger partial charge < -0.3 is 19.5 Å². The van der Waals surface area contributed by atoms with Crippen LogP contribution in [0.4, 0.5) is 5.69 Å². The van der Waals surface area contributed by atoms with E-state index in [-0.39, 0.29) is 12.7 Å². The molecule has 0 saturated carbocycles. The third-order valence-corrected chi connectivity index (χ3v) is 6.82. The van der Waals surface area contributed by atoms with Crippen LogP contribution in [-0.4, -0.2) is 30.3 Å². The van der Waals surface area contributed by atoms with Crippen LogP contribution >= 0.6 is 0 Å². The summed E-state index contributed by atoms with van der Waals surface area (Å²) in [5.74, 6) is -0.487. The molecule has 1 amide bonds. The first-order chi connectivity index (χ1) is 15.1. The maximum Gasteiger partial charge on any atom is 0.308 e. The van der Waals surface area contributed by atoms with E-state index >= 15 is 0 Å². The average Bonchev–Trinajstić information content (AvgIpc) is 3.33. The lowest BCUT2D eigenvalue weighted by molar-refractivity contribution is -0.147. The summed E-state index contributed by atoms with van der Waals surface area (Å²) < 4.78 is 11.1. The van der Waals surface area contributed by atoms with Crippen LogP contribution in [0.3, 0.4) is 0 Å². The molecule has 4 rings (SSSR count). The number of carboxylic acids is 1. The van der Waals surface area contributed by atoms with E-state index in [9.17, 15) is 14.7 Å². The minimum absolute atomic E-state index is 0.117. The Hall–Kier alpha value is -2.76. The minimum atomic E-state index is -1.22. The molecule has 1 aliphatic carbocycles. The van der Waals surface area contributed by atoms with Crippen LogP contribution in [0.2, 0.25) is 0 Å². The van der Waals surface area contributed by atoms with Crippen molar-refractivity contribution in [3.8, 4) is 0 Å². The maximum absolute atomic E-state index is 14.2. The fourth-order valence-corrected chi connectivity index (χ4v) is 5.36. The third-order valence-electron chi connectivity index (χ3n) is 6.82. The average molecular weight is 426 g/mol. The van der Waals surface area contributed by atoms with Crippen molar-refractivity contribution in [2.45, 2.75) is 64.2 Å². The van der Waals surface area contributed by atoms with Crippen molar-refractivity contribution in [1.82, 2.24) is 0 Å². The van der Waals surface area contributed by atoms with Crippen molar-refractivity contribution in [1.29, 1.82) is 0 Å². The second-order valence-corrected chi connectivity index (χ2v) is 8.51. The number of unbranched alkanes of at least 4 members (excludes halogenated alkanes) is 3. The molecule has 2 unspecified atom stereocenters. The number of para-hydroxylation sites is 1. The van der Waals surface area contributed by atoms with E-state index in [0.717, 1.165) is 48.3 Å². The minimum Gasteiger partial charge on any atom is -0.481 e. The van der Waals surface area contributed by atoms with E-state index in [2.05, 4.69) is 6.92 Å². The zero-order valence-corrected chi connectivity index (χ0v) is 18.4. The highest BCUT2D eigenvalue weighted by atomic mass is 16.7. The zero-order valence-electron chi connectivity index (χ0n) is 18.4. The summed E-state index contributed by atoms with van der Waals surface area (Å²) in [6, 6.07) is 7.71. The van der Waals surface area contributed by atoms with Gasteiger partial charge in [-0.25, -0.2) is 0 Å². The molecule has 2 aliphatic heterocycles. The Labute approximate surface area is 183 Å². The van der Waals surface area contributed by atoms with E-state index in [1.54, 1.807) is 0 Å². The first kappa shape index (κ1) is 21.5. The monoisotopic (exact) mass is 425 g/mol. The first-order valence-corrected chi connectivity index (χ1v) is 11.4. The molecule has 0 radical (unpaired) electrons.